The molecule has 3 rings (SSSR count). The lowest BCUT2D eigenvalue weighted by Crippen LogP contribution is -2.39. The third-order valence-electron chi connectivity index (χ3n) is 4.53. The third kappa shape index (κ3) is 2.11. The summed E-state index contributed by atoms with van der Waals surface area (Å²) in [5, 5.41) is 1.27. The number of nitrogens with one attached hydrogen (secondary N) is 1. The van der Waals surface area contributed by atoms with Crippen LogP contribution in [0.5, 0.6) is 0 Å². The summed E-state index contributed by atoms with van der Waals surface area (Å²) in [6.45, 7) is 5.81. The third-order valence-corrected chi connectivity index (χ3v) is 4.53. The minimum absolute atomic E-state index is 0.182. The van der Waals surface area contributed by atoms with Gasteiger partial charge in [-0.3, -0.25) is 4.79 Å². The van der Waals surface area contributed by atoms with E-state index in [1.54, 1.807) is 0 Å². The molecule has 0 saturated carbocycles. The lowest BCUT2D eigenvalue weighted by molar-refractivity contribution is -0.136. The zero-order valence-electron chi connectivity index (χ0n) is 12.3. The van der Waals surface area contributed by atoms with E-state index < -0.39 is 0 Å². The van der Waals surface area contributed by atoms with Crippen molar-refractivity contribution in [2.45, 2.75) is 39.7 Å². The van der Waals surface area contributed by atoms with Gasteiger partial charge in [-0.15, -0.1) is 0 Å². The number of fused-ring (bicyclic) bond motifs is 3. The molecule has 0 bridgehead atoms. The highest BCUT2D eigenvalue weighted by molar-refractivity contribution is 5.86. The Kier molecular flexibility index (Phi) is 3.51. The van der Waals surface area contributed by atoms with E-state index in [4.69, 9.17) is 0 Å². The molecule has 1 aliphatic heterocycles. The molecule has 1 aromatic heterocycles. The molecular formula is C17H22N2O. The summed E-state index contributed by atoms with van der Waals surface area (Å²) in [7, 11) is 0. The molecule has 106 valence electrons. The number of aromatic amines is 1. The number of benzene rings is 1. The van der Waals surface area contributed by atoms with Gasteiger partial charge in [0.15, 0.2) is 0 Å². The number of carbonyl (C=O) groups is 1. The fourth-order valence-corrected chi connectivity index (χ4v) is 3.25. The topological polar surface area (TPSA) is 36.1 Å². The van der Waals surface area contributed by atoms with E-state index in [1.807, 2.05) is 4.90 Å². The number of para-hydroxylation sites is 1. The maximum atomic E-state index is 12.5. The quantitative estimate of drug-likeness (QED) is 0.910. The number of amides is 1. The summed E-state index contributed by atoms with van der Waals surface area (Å²) >= 11 is 0. The van der Waals surface area contributed by atoms with Crippen LogP contribution in [-0.2, 0) is 17.8 Å². The fraction of sp³-hybridized carbons (Fsp3) is 0.471. The molecule has 0 unspecified atom stereocenters. The Morgan fingerprint density at radius 1 is 1.30 bits per heavy atom. The average molecular weight is 270 g/mol. The molecule has 1 N–H and O–H groups in total. The van der Waals surface area contributed by atoms with E-state index >= 15 is 0 Å². The molecule has 2 heterocycles. The predicted molar refractivity (Wildman–Crippen MR) is 81.5 cm³/mol. The Morgan fingerprint density at radius 2 is 2.05 bits per heavy atom. The molecular weight excluding hydrogens is 248 g/mol. The van der Waals surface area contributed by atoms with Gasteiger partial charge in [-0.1, -0.05) is 32.0 Å². The van der Waals surface area contributed by atoms with Crippen molar-refractivity contribution in [1.29, 1.82) is 0 Å². The van der Waals surface area contributed by atoms with E-state index in [2.05, 4.69) is 43.1 Å². The van der Waals surface area contributed by atoms with Gasteiger partial charge in [0.1, 0.15) is 0 Å². The van der Waals surface area contributed by atoms with E-state index in [1.165, 1.54) is 22.2 Å². The zero-order chi connectivity index (χ0) is 14.1. The van der Waals surface area contributed by atoms with Gasteiger partial charge < -0.3 is 9.88 Å². The molecule has 0 spiro atoms. The van der Waals surface area contributed by atoms with E-state index in [-0.39, 0.29) is 5.92 Å². The summed E-state index contributed by atoms with van der Waals surface area (Å²) < 4.78 is 0. The fourth-order valence-electron chi connectivity index (χ4n) is 3.25. The van der Waals surface area contributed by atoms with Gasteiger partial charge in [-0.25, -0.2) is 0 Å². The summed E-state index contributed by atoms with van der Waals surface area (Å²) in [6.07, 6.45) is 2.81. The second kappa shape index (κ2) is 5.31. The summed E-state index contributed by atoms with van der Waals surface area (Å²) in [5.41, 5.74) is 3.81. The predicted octanol–water partition coefficient (Wildman–Crippen LogP) is 3.49. The number of carbonyl (C=O) groups excluding carboxylic acids is 1. The van der Waals surface area contributed by atoms with E-state index in [0.717, 1.165) is 32.4 Å². The number of nitrogens with zero attached hydrogens (tertiary/aromatic N) is 1. The lowest BCUT2D eigenvalue weighted by atomic mass is 9.98. The van der Waals surface area contributed by atoms with Gasteiger partial charge in [0.25, 0.3) is 0 Å². The first-order valence-electron chi connectivity index (χ1n) is 7.61. The number of H-pyrrole nitrogens is 1. The van der Waals surface area contributed by atoms with Crippen molar-refractivity contribution < 1.29 is 4.79 Å². The Balaban J connectivity index is 1.89. The molecule has 1 aliphatic rings. The van der Waals surface area contributed by atoms with Crippen LogP contribution in [0.25, 0.3) is 10.9 Å². The molecule has 0 radical (unpaired) electrons. The lowest BCUT2D eigenvalue weighted by Gasteiger charge is -2.30. The van der Waals surface area contributed by atoms with Crippen molar-refractivity contribution in [3.8, 4) is 0 Å². The number of hydrogen-bond donors (Lipinski definition) is 1. The molecule has 1 aromatic carbocycles. The monoisotopic (exact) mass is 270 g/mol. The first-order chi connectivity index (χ1) is 9.74. The van der Waals surface area contributed by atoms with Crippen LogP contribution in [0.15, 0.2) is 24.3 Å². The number of aromatic nitrogens is 1. The molecule has 3 heteroatoms. The van der Waals surface area contributed by atoms with Gasteiger partial charge in [0, 0.05) is 47.6 Å². The van der Waals surface area contributed by atoms with Crippen molar-refractivity contribution in [3.05, 3.63) is 35.5 Å². The molecule has 0 fully saturated rings. The minimum Gasteiger partial charge on any atom is -0.358 e. The van der Waals surface area contributed by atoms with Crippen molar-refractivity contribution in [2.75, 3.05) is 6.54 Å². The smallest absolute Gasteiger partial charge is 0.225 e. The standard InChI is InChI=1S/C17H22N2O/c1-3-12(4-2)17(20)19-10-9-16-14(11-19)13-7-5-6-8-15(13)18-16/h5-8,12,18H,3-4,9-11H2,1-2H3. The van der Waals surface area contributed by atoms with E-state index in [9.17, 15) is 4.79 Å². The van der Waals surface area contributed by atoms with Crippen molar-refractivity contribution in [3.63, 3.8) is 0 Å². The number of hydrogen-bond acceptors (Lipinski definition) is 1. The summed E-state index contributed by atoms with van der Waals surface area (Å²) in [5.74, 6) is 0.507. The second-order valence-corrected chi connectivity index (χ2v) is 5.65. The van der Waals surface area contributed by atoms with Crippen LogP contribution in [0, 0.1) is 5.92 Å². The molecule has 20 heavy (non-hydrogen) atoms. The van der Waals surface area contributed by atoms with Crippen LogP contribution in [0.4, 0.5) is 0 Å². The molecule has 0 aliphatic carbocycles. The van der Waals surface area contributed by atoms with Crippen molar-refractivity contribution in [1.82, 2.24) is 9.88 Å². The van der Waals surface area contributed by atoms with Crippen LogP contribution in [-0.4, -0.2) is 22.3 Å². The maximum absolute atomic E-state index is 12.5. The Bertz CT molecular complexity index is 625. The van der Waals surface area contributed by atoms with Gasteiger partial charge in [-0.05, 0) is 18.9 Å². The Hall–Kier alpha value is -1.77. The van der Waals surface area contributed by atoms with E-state index in [0.29, 0.717) is 5.91 Å². The van der Waals surface area contributed by atoms with Crippen LogP contribution in [0.3, 0.4) is 0 Å². The first kappa shape index (κ1) is 13.2. The number of rotatable bonds is 3. The molecule has 0 saturated heterocycles. The van der Waals surface area contributed by atoms with Crippen LogP contribution >= 0.6 is 0 Å². The highest BCUT2D eigenvalue weighted by Gasteiger charge is 2.27. The summed E-state index contributed by atoms with van der Waals surface area (Å²) in [4.78, 5) is 18.1. The van der Waals surface area contributed by atoms with Crippen molar-refractivity contribution in [2.24, 2.45) is 5.92 Å². The van der Waals surface area contributed by atoms with Crippen molar-refractivity contribution >= 4 is 16.8 Å². The van der Waals surface area contributed by atoms with Gasteiger partial charge in [-0.2, -0.15) is 0 Å². The highest BCUT2D eigenvalue weighted by Crippen LogP contribution is 2.28. The minimum atomic E-state index is 0.182. The molecule has 2 aromatic rings. The van der Waals surface area contributed by atoms with Gasteiger partial charge >= 0.3 is 0 Å². The largest absolute Gasteiger partial charge is 0.358 e. The Labute approximate surface area is 120 Å². The second-order valence-electron chi connectivity index (χ2n) is 5.65. The highest BCUT2D eigenvalue weighted by atomic mass is 16.2. The molecule has 0 atom stereocenters. The summed E-state index contributed by atoms with van der Waals surface area (Å²) in [6, 6.07) is 8.38. The van der Waals surface area contributed by atoms with Gasteiger partial charge in [0.2, 0.25) is 5.91 Å². The van der Waals surface area contributed by atoms with Crippen LogP contribution < -0.4 is 0 Å². The Morgan fingerprint density at radius 3 is 2.80 bits per heavy atom. The molecule has 3 nitrogen and oxygen atoms in total. The maximum Gasteiger partial charge on any atom is 0.225 e. The first-order valence-corrected chi connectivity index (χ1v) is 7.61. The SMILES string of the molecule is CCC(CC)C(=O)N1CCc2[nH]c3ccccc3c2C1. The van der Waals surface area contributed by atoms with Crippen LogP contribution in [0.2, 0.25) is 0 Å². The normalized spacial score (nSPS) is 14.8. The zero-order valence-corrected chi connectivity index (χ0v) is 12.3. The average Bonchev–Trinajstić information content (AvgIpc) is 2.86. The van der Waals surface area contributed by atoms with Crippen LogP contribution in [0.1, 0.15) is 37.9 Å². The molecule has 1 amide bonds. The van der Waals surface area contributed by atoms with Gasteiger partial charge in [0.05, 0.1) is 0 Å².